The van der Waals surface area contributed by atoms with Crippen LogP contribution in [0.25, 0.3) is 0 Å². The number of hydrogen-bond acceptors (Lipinski definition) is 4. The molecule has 1 aromatic heterocycles. The second-order valence-electron chi connectivity index (χ2n) is 6.38. The first kappa shape index (κ1) is 19.9. The number of carbonyl (C=O) groups excluding carboxylic acids is 2. The van der Waals surface area contributed by atoms with E-state index in [0.717, 1.165) is 10.2 Å². The van der Waals surface area contributed by atoms with Gasteiger partial charge in [-0.05, 0) is 42.8 Å². The lowest BCUT2D eigenvalue weighted by Gasteiger charge is -2.09. The molecule has 8 heteroatoms. The van der Waals surface area contributed by atoms with E-state index in [1.807, 2.05) is 19.1 Å². The molecule has 2 aromatic carbocycles. The van der Waals surface area contributed by atoms with Crippen molar-refractivity contribution in [3.63, 3.8) is 0 Å². The quantitative estimate of drug-likeness (QED) is 0.672. The maximum absolute atomic E-state index is 13.6. The summed E-state index contributed by atoms with van der Waals surface area (Å²) in [6.07, 6.45) is -0.107. The van der Waals surface area contributed by atoms with E-state index in [2.05, 4.69) is 15.7 Å². The molecule has 29 heavy (non-hydrogen) atoms. The molecule has 0 radical (unpaired) electrons. The van der Waals surface area contributed by atoms with Crippen LogP contribution in [0, 0.1) is 12.7 Å². The fourth-order valence-electron chi connectivity index (χ4n) is 2.63. The van der Waals surface area contributed by atoms with Gasteiger partial charge < -0.3 is 10.6 Å². The zero-order valence-electron chi connectivity index (χ0n) is 15.7. The van der Waals surface area contributed by atoms with Gasteiger partial charge in [-0.25, -0.2) is 9.07 Å². The van der Waals surface area contributed by atoms with E-state index in [-0.39, 0.29) is 24.3 Å². The summed E-state index contributed by atoms with van der Waals surface area (Å²) in [6, 6.07) is 15.6. The summed E-state index contributed by atoms with van der Waals surface area (Å²) in [5.41, 5.74) is 1.25. The molecule has 0 bridgehead atoms. The third-order valence-electron chi connectivity index (χ3n) is 4.07. The van der Waals surface area contributed by atoms with Crippen molar-refractivity contribution in [3.8, 4) is 0 Å². The Kier molecular flexibility index (Phi) is 6.13. The number of nitrogens with zero attached hydrogens (tertiary/aromatic N) is 2. The topological polar surface area (TPSA) is 93.1 Å². The van der Waals surface area contributed by atoms with E-state index < -0.39 is 23.2 Å². The van der Waals surface area contributed by atoms with E-state index in [9.17, 15) is 18.8 Å². The average molecular weight is 394 g/mol. The highest BCUT2D eigenvalue weighted by Gasteiger charge is 2.12. The highest BCUT2D eigenvalue weighted by atomic mass is 19.1. The predicted molar refractivity (Wildman–Crippen MR) is 107 cm³/mol. The Morgan fingerprint density at radius 3 is 2.59 bits per heavy atom. The smallest absolute Gasteiger partial charge is 0.276 e. The number of rotatable bonds is 6. The van der Waals surface area contributed by atoms with E-state index in [1.54, 1.807) is 18.2 Å². The Labute approximate surface area is 166 Å². The summed E-state index contributed by atoms with van der Waals surface area (Å²) in [7, 11) is 0. The minimum absolute atomic E-state index is 0.0422. The Hall–Kier alpha value is -3.81. The second-order valence-corrected chi connectivity index (χ2v) is 6.38. The number of aromatic nitrogens is 2. The molecule has 0 aliphatic rings. The van der Waals surface area contributed by atoms with Crippen LogP contribution in [-0.2, 0) is 11.3 Å². The van der Waals surface area contributed by atoms with E-state index in [4.69, 9.17) is 0 Å². The largest absolute Gasteiger partial charge is 0.324 e. The van der Waals surface area contributed by atoms with Crippen molar-refractivity contribution in [2.24, 2.45) is 0 Å². The molecule has 0 saturated heterocycles. The number of nitrogens with one attached hydrogen (secondary N) is 2. The fourth-order valence-corrected chi connectivity index (χ4v) is 2.63. The maximum Gasteiger partial charge on any atom is 0.276 e. The SMILES string of the molecule is Cc1cccc(NC(=O)c2ccc(=O)n(CCC(=O)Nc3ccccc3F)n2)c1. The molecule has 148 valence electrons. The van der Waals surface area contributed by atoms with Gasteiger partial charge in [0, 0.05) is 18.2 Å². The van der Waals surface area contributed by atoms with Crippen LogP contribution in [0.1, 0.15) is 22.5 Å². The van der Waals surface area contributed by atoms with Crippen molar-refractivity contribution in [1.82, 2.24) is 9.78 Å². The lowest BCUT2D eigenvalue weighted by Crippen LogP contribution is -2.28. The van der Waals surface area contributed by atoms with Gasteiger partial charge in [-0.3, -0.25) is 14.4 Å². The summed E-state index contributed by atoms with van der Waals surface area (Å²) < 4.78 is 14.6. The van der Waals surface area contributed by atoms with Gasteiger partial charge in [0.15, 0.2) is 0 Å². The zero-order chi connectivity index (χ0) is 20.8. The molecular formula is C21H19FN4O3. The van der Waals surface area contributed by atoms with Crippen LogP contribution < -0.4 is 16.2 Å². The van der Waals surface area contributed by atoms with Crippen molar-refractivity contribution in [2.45, 2.75) is 19.9 Å². The number of aryl methyl sites for hydroxylation is 2. The molecular weight excluding hydrogens is 375 g/mol. The number of anilines is 2. The average Bonchev–Trinajstić information content (AvgIpc) is 2.69. The molecule has 0 fully saturated rings. The molecule has 0 atom stereocenters. The summed E-state index contributed by atoms with van der Waals surface area (Å²) in [5.74, 6) is -1.50. The van der Waals surface area contributed by atoms with E-state index >= 15 is 0 Å². The number of carbonyl (C=O) groups is 2. The summed E-state index contributed by atoms with van der Waals surface area (Å²) in [5, 5.41) is 9.18. The number of amides is 2. The highest BCUT2D eigenvalue weighted by molar-refractivity contribution is 6.02. The van der Waals surface area contributed by atoms with Crippen molar-refractivity contribution < 1.29 is 14.0 Å². The minimum atomic E-state index is -0.550. The van der Waals surface area contributed by atoms with E-state index in [1.165, 1.54) is 30.3 Å². The van der Waals surface area contributed by atoms with Crippen LogP contribution >= 0.6 is 0 Å². The molecule has 1 heterocycles. The van der Waals surface area contributed by atoms with E-state index in [0.29, 0.717) is 5.69 Å². The van der Waals surface area contributed by atoms with Crippen LogP contribution in [0.5, 0.6) is 0 Å². The highest BCUT2D eigenvalue weighted by Crippen LogP contribution is 2.13. The van der Waals surface area contributed by atoms with Gasteiger partial charge >= 0.3 is 0 Å². The third kappa shape index (κ3) is 5.35. The molecule has 0 saturated carbocycles. The standard InChI is InChI=1S/C21H19FN4O3/c1-14-5-4-6-15(13-14)23-21(29)18-9-10-20(28)26(25-18)12-11-19(27)24-17-8-3-2-7-16(17)22/h2-10,13H,11-12H2,1H3,(H,23,29)(H,24,27). The molecule has 0 aliphatic heterocycles. The molecule has 0 spiro atoms. The number of halogens is 1. The van der Waals surface area contributed by atoms with Crippen molar-refractivity contribution >= 4 is 23.2 Å². The fraction of sp³-hybridized carbons (Fsp3) is 0.143. The van der Waals surface area contributed by atoms with Gasteiger partial charge in [-0.15, -0.1) is 0 Å². The monoisotopic (exact) mass is 394 g/mol. The van der Waals surface area contributed by atoms with Crippen molar-refractivity contribution in [3.05, 3.63) is 88.1 Å². The molecule has 2 N–H and O–H groups in total. The first-order chi connectivity index (χ1) is 13.9. The number of para-hydroxylation sites is 1. The molecule has 0 unspecified atom stereocenters. The van der Waals surface area contributed by atoms with Gasteiger partial charge in [0.2, 0.25) is 5.91 Å². The van der Waals surface area contributed by atoms with Crippen molar-refractivity contribution in [2.75, 3.05) is 10.6 Å². The number of hydrogen-bond donors (Lipinski definition) is 2. The van der Waals surface area contributed by atoms with Gasteiger partial charge in [-0.1, -0.05) is 24.3 Å². The van der Waals surface area contributed by atoms with Crippen LogP contribution in [0.3, 0.4) is 0 Å². The van der Waals surface area contributed by atoms with Crippen LogP contribution in [-0.4, -0.2) is 21.6 Å². The molecule has 0 aliphatic carbocycles. The first-order valence-electron chi connectivity index (χ1n) is 8.93. The third-order valence-corrected chi connectivity index (χ3v) is 4.07. The summed E-state index contributed by atoms with van der Waals surface area (Å²) in [6.45, 7) is 1.85. The van der Waals surface area contributed by atoms with Crippen LogP contribution in [0.2, 0.25) is 0 Å². The van der Waals surface area contributed by atoms with Gasteiger partial charge in [0.05, 0.1) is 12.2 Å². The first-order valence-corrected chi connectivity index (χ1v) is 8.93. The molecule has 2 amide bonds. The Balaban J connectivity index is 1.65. The Morgan fingerprint density at radius 1 is 1.03 bits per heavy atom. The minimum Gasteiger partial charge on any atom is -0.324 e. The second kappa shape index (κ2) is 8.92. The summed E-state index contributed by atoms with van der Waals surface area (Å²) >= 11 is 0. The van der Waals surface area contributed by atoms with Crippen LogP contribution in [0.4, 0.5) is 15.8 Å². The van der Waals surface area contributed by atoms with Gasteiger partial charge in [0.25, 0.3) is 11.5 Å². The molecule has 3 rings (SSSR count). The Bertz CT molecular complexity index is 1110. The molecule has 3 aromatic rings. The van der Waals surface area contributed by atoms with Crippen LogP contribution in [0.15, 0.2) is 65.5 Å². The summed E-state index contributed by atoms with van der Waals surface area (Å²) in [4.78, 5) is 36.4. The Morgan fingerprint density at radius 2 is 1.83 bits per heavy atom. The van der Waals surface area contributed by atoms with Gasteiger partial charge in [0.1, 0.15) is 11.5 Å². The van der Waals surface area contributed by atoms with Gasteiger partial charge in [-0.2, -0.15) is 5.10 Å². The number of benzene rings is 2. The van der Waals surface area contributed by atoms with Crippen molar-refractivity contribution in [1.29, 1.82) is 0 Å². The maximum atomic E-state index is 13.6. The lowest BCUT2D eigenvalue weighted by atomic mass is 10.2. The molecule has 7 nitrogen and oxygen atoms in total. The predicted octanol–water partition coefficient (Wildman–Crippen LogP) is 2.97. The normalized spacial score (nSPS) is 10.4. The lowest BCUT2D eigenvalue weighted by molar-refractivity contribution is -0.116. The zero-order valence-corrected chi connectivity index (χ0v) is 15.7.